The molecule has 0 unspecified atom stereocenters. The molecule has 0 amide bonds. The van der Waals surface area contributed by atoms with Crippen LogP contribution in [0, 0.1) is 5.82 Å². The second-order valence-electron chi connectivity index (χ2n) is 4.39. The maximum absolute atomic E-state index is 12.8. The van der Waals surface area contributed by atoms with Crippen LogP contribution in [0.4, 0.5) is 4.39 Å². The minimum Gasteiger partial charge on any atom is -0.507 e. The van der Waals surface area contributed by atoms with Crippen LogP contribution in [0.25, 0.3) is 22.9 Å². The van der Waals surface area contributed by atoms with Crippen LogP contribution in [0.5, 0.6) is 0 Å². The minimum atomic E-state index is -0.651. The minimum absolute atomic E-state index is 0.0180. The van der Waals surface area contributed by atoms with Gasteiger partial charge in [-0.05, 0) is 36.4 Å². The van der Waals surface area contributed by atoms with Gasteiger partial charge >= 0.3 is 5.63 Å². The highest BCUT2D eigenvalue weighted by Gasteiger charge is 2.07. The van der Waals surface area contributed by atoms with E-state index in [4.69, 9.17) is 4.42 Å². The summed E-state index contributed by atoms with van der Waals surface area (Å²) in [5.41, 5.74) is 0.597. The first kappa shape index (κ1) is 13.1. The summed E-state index contributed by atoms with van der Waals surface area (Å²) in [7, 11) is 0. The molecule has 0 aliphatic carbocycles. The van der Waals surface area contributed by atoms with Gasteiger partial charge in [0.15, 0.2) is 11.3 Å². The summed E-state index contributed by atoms with van der Waals surface area (Å²) in [5.74, 6) is -0.597. The number of benzene rings is 2. The van der Waals surface area contributed by atoms with Crippen LogP contribution in [-0.2, 0) is 0 Å². The van der Waals surface area contributed by atoms with E-state index in [0.29, 0.717) is 16.7 Å². The Labute approximate surface area is 118 Å². The summed E-state index contributed by atoms with van der Waals surface area (Å²) in [5, 5.41) is 9.98. The van der Waals surface area contributed by atoms with Crippen molar-refractivity contribution in [1.82, 2.24) is 4.98 Å². The van der Waals surface area contributed by atoms with Crippen molar-refractivity contribution in [2.75, 3.05) is 0 Å². The Morgan fingerprint density at radius 3 is 2.62 bits per heavy atom. The number of para-hydroxylation sites is 2. The Balaban J connectivity index is 2.07. The monoisotopic (exact) mass is 283 g/mol. The van der Waals surface area contributed by atoms with E-state index in [1.807, 2.05) is 0 Å². The second kappa shape index (κ2) is 5.20. The molecule has 3 rings (SSSR count). The van der Waals surface area contributed by atoms with Crippen molar-refractivity contribution in [2.45, 2.75) is 0 Å². The lowest BCUT2D eigenvalue weighted by Crippen LogP contribution is -2.06. The van der Waals surface area contributed by atoms with Crippen molar-refractivity contribution < 1.29 is 13.9 Å². The van der Waals surface area contributed by atoms with Gasteiger partial charge in [-0.3, -0.25) is 0 Å². The van der Waals surface area contributed by atoms with E-state index in [2.05, 4.69) is 4.98 Å². The third kappa shape index (κ3) is 2.67. The molecule has 1 heterocycles. The van der Waals surface area contributed by atoms with Crippen molar-refractivity contribution in [2.24, 2.45) is 0 Å². The van der Waals surface area contributed by atoms with E-state index in [1.165, 1.54) is 30.3 Å². The zero-order valence-corrected chi connectivity index (χ0v) is 10.8. The molecule has 1 aromatic heterocycles. The van der Waals surface area contributed by atoms with Gasteiger partial charge in [0.05, 0.1) is 0 Å². The SMILES string of the molecule is O=c1oc2ccccc2nc1/C=C(\O)c1ccc(F)cc1. The average molecular weight is 283 g/mol. The van der Waals surface area contributed by atoms with Gasteiger partial charge < -0.3 is 9.52 Å². The van der Waals surface area contributed by atoms with Gasteiger partial charge in [0.25, 0.3) is 0 Å². The molecule has 0 spiro atoms. The van der Waals surface area contributed by atoms with E-state index in [0.717, 1.165) is 0 Å². The number of fused-ring (bicyclic) bond motifs is 1. The van der Waals surface area contributed by atoms with E-state index in [1.54, 1.807) is 24.3 Å². The van der Waals surface area contributed by atoms with Gasteiger partial charge in [-0.1, -0.05) is 12.1 Å². The molecule has 0 aliphatic rings. The van der Waals surface area contributed by atoms with Crippen LogP contribution in [0.1, 0.15) is 11.3 Å². The molecule has 1 N–H and O–H groups in total. The van der Waals surface area contributed by atoms with Crippen LogP contribution in [-0.4, -0.2) is 10.1 Å². The maximum atomic E-state index is 12.8. The summed E-state index contributed by atoms with van der Waals surface area (Å²) < 4.78 is 18.0. The molecule has 104 valence electrons. The maximum Gasteiger partial charge on any atom is 0.362 e. The Hall–Kier alpha value is -2.95. The molecule has 0 aliphatic heterocycles. The van der Waals surface area contributed by atoms with Gasteiger partial charge in [-0.2, -0.15) is 0 Å². The number of rotatable bonds is 2. The number of nitrogens with zero attached hydrogens (tertiary/aromatic N) is 1. The van der Waals surface area contributed by atoms with Crippen molar-refractivity contribution in [1.29, 1.82) is 0 Å². The topological polar surface area (TPSA) is 63.3 Å². The fourth-order valence-corrected chi connectivity index (χ4v) is 1.89. The Morgan fingerprint density at radius 1 is 1.14 bits per heavy atom. The van der Waals surface area contributed by atoms with Gasteiger partial charge in [0, 0.05) is 11.6 Å². The van der Waals surface area contributed by atoms with E-state index < -0.39 is 11.4 Å². The molecule has 2 aromatic carbocycles. The number of aliphatic hydroxyl groups excluding tert-OH is 1. The average Bonchev–Trinajstić information content (AvgIpc) is 2.48. The lowest BCUT2D eigenvalue weighted by Gasteiger charge is -2.01. The third-order valence-electron chi connectivity index (χ3n) is 2.93. The fraction of sp³-hybridized carbons (Fsp3) is 0. The number of hydrogen-bond acceptors (Lipinski definition) is 4. The van der Waals surface area contributed by atoms with E-state index in [9.17, 15) is 14.3 Å². The number of aliphatic hydroxyl groups is 1. The zero-order chi connectivity index (χ0) is 14.8. The quantitative estimate of drug-likeness (QED) is 0.732. The molecule has 0 saturated heterocycles. The number of aromatic nitrogens is 1. The smallest absolute Gasteiger partial charge is 0.362 e. The number of hydrogen-bond donors (Lipinski definition) is 1. The first-order valence-electron chi connectivity index (χ1n) is 6.20. The molecular formula is C16H10FNO3. The van der Waals surface area contributed by atoms with Gasteiger partial charge in [-0.25, -0.2) is 14.2 Å². The predicted molar refractivity (Wildman–Crippen MR) is 77.2 cm³/mol. The molecule has 0 saturated carbocycles. The first-order chi connectivity index (χ1) is 10.1. The van der Waals surface area contributed by atoms with Crippen molar-refractivity contribution in [3.8, 4) is 0 Å². The van der Waals surface area contributed by atoms with Crippen LogP contribution >= 0.6 is 0 Å². The van der Waals surface area contributed by atoms with Crippen LogP contribution in [0.15, 0.2) is 57.7 Å². The zero-order valence-electron chi connectivity index (χ0n) is 10.8. The lowest BCUT2D eigenvalue weighted by atomic mass is 10.1. The van der Waals surface area contributed by atoms with Crippen LogP contribution in [0.3, 0.4) is 0 Å². The summed E-state index contributed by atoms with van der Waals surface area (Å²) in [4.78, 5) is 16.0. The molecule has 0 radical (unpaired) electrons. The molecule has 4 nitrogen and oxygen atoms in total. The summed E-state index contributed by atoms with van der Waals surface area (Å²) in [6, 6.07) is 12.1. The largest absolute Gasteiger partial charge is 0.507 e. The second-order valence-corrected chi connectivity index (χ2v) is 4.39. The van der Waals surface area contributed by atoms with E-state index >= 15 is 0 Å². The first-order valence-corrected chi connectivity index (χ1v) is 6.20. The predicted octanol–water partition coefficient (Wildman–Crippen LogP) is 3.38. The standard InChI is InChI=1S/C16H10FNO3/c17-11-7-5-10(6-8-11)14(19)9-13-16(20)21-15-4-2-1-3-12(15)18-13/h1-9,19H/b14-9-. The summed E-state index contributed by atoms with van der Waals surface area (Å²) in [6.07, 6.45) is 1.20. The van der Waals surface area contributed by atoms with Crippen LogP contribution in [0.2, 0.25) is 0 Å². The van der Waals surface area contributed by atoms with Gasteiger partial charge in [0.2, 0.25) is 0 Å². The molecule has 0 bridgehead atoms. The third-order valence-corrected chi connectivity index (χ3v) is 2.93. The van der Waals surface area contributed by atoms with Crippen molar-refractivity contribution in [3.63, 3.8) is 0 Å². The summed E-state index contributed by atoms with van der Waals surface area (Å²) in [6.45, 7) is 0. The molecule has 3 aromatic rings. The Morgan fingerprint density at radius 2 is 1.86 bits per heavy atom. The molecule has 0 atom stereocenters. The number of halogens is 1. The van der Waals surface area contributed by atoms with Crippen LogP contribution < -0.4 is 5.63 Å². The fourth-order valence-electron chi connectivity index (χ4n) is 1.89. The highest BCUT2D eigenvalue weighted by Crippen LogP contribution is 2.15. The summed E-state index contributed by atoms with van der Waals surface area (Å²) >= 11 is 0. The van der Waals surface area contributed by atoms with E-state index in [-0.39, 0.29) is 11.5 Å². The van der Waals surface area contributed by atoms with Gasteiger partial charge in [-0.15, -0.1) is 0 Å². The normalized spacial score (nSPS) is 11.8. The molecule has 5 heteroatoms. The highest BCUT2D eigenvalue weighted by atomic mass is 19.1. The Bertz CT molecular complexity index is 882. The van der Waals surface area contributed by atoms with Gasteiger partial charge in [0.1, 0.15) is 17.1 Å². The van der Waals surface area contributed by atoms with Crippen molar-refractivity contribution >= 4 is 22.9 Å². The van der Waals surface area contributed by atoms with Crippen molar-refractivity contribution in [3.05, 3.63) is 76.0 Å². The molecule has 0 fully saturated rings. The Kier molecular flexibility index (Phi) is 3.23. The lowest BCUT2D eigenvalue weighted by molar-refractivity contribution is 0.513. The molecule has 21 heavy (non-hydrogen) atoms. The molecular weight excluding hydrogens is 273 g/mol. The highest BCUT2D eigenvalue weighted by molar-refractivity contribution is 5.77.